The maximum Gasteiger partial charge on any atom is 0.391 e. The molecule has 0 heterocycles. The molecule has 0 saturated heterocycles. The summed E-state index contributed by atoms with van der Waals surface area (Å²) in [6, 6.07) is -0.0593. The summed E-state index contributed by atoms with van der Waals surface area (Å²) in [4.78, 5) is 0. The molecular formula is C13H21F3N2. The minimum atomic E-state index is -4.07. The summed E-state index contributed by atoms with van der Waals surface area (Å²) in [5.41, 5.74) is 2.67. The van der Waals surface area contributed by atoms with Gasteiger partial charge in [-0.1, -0.05) is 6.42 Å². The van der Waals surface area contributed by atoms with Gasteiger partial charge in [0.15, 0.2) is 0 Å². The van der Waals surface area contributed by atoms with Gasteiger partial charge in [0.05, 0.1) is 5.92 Å². The minimum absolute atomic E-state index is 0.00836. The van der Waals surface area contributed by atoms with Crippen molar-refractivity contribution in [3.05, 3.63) is 0 Å². The first kappa shape index (κ1) is 15.3. The third-order valence-corrected chi connectivity index (χ3v) is 3.72. The highest BCUT2D eigenvalue weighted by Crippen LogP contribution is 2.41. The fourth-order valence-corrected chi connectivity index (χ4v) is 2.70. The van der Waals surface area contributed by atoms with Crippen molar-refractivity contribution in [2.45, 2.75) is 57.7 Å². The van der Waals surface area contributed by atoms with Gasteiger partial charge in [0.2, 0.25) is 0 Å². The van der Waals surface area contributed by atoms with E-state index < -0.39 is 12.1 Å². The fourth-order valence-electron chi connectivity index (χ4n) is 2.70. The van der Waals surface area contributed by atoms with E-state index in [9.17, 15) is 13.2 Å². The smallest absolute Gasteiger partial charge is 0.271 e. The van der Waals surface area contributed by atoms with Crippen molar-refractivity contribution in [2.75, 3.05) is 0 Å². The Bertz CT molecular complexity index is 304. The second-order valence-electron chi connectivity index (χ2n) is 4.90. The lowest BCUT2D eigenvalue weighted by atomic mass is 9.76. The number of hydrogen-bond donors (Lipinski definition) is 2. The van der Waals surface area contributed by atoms with Crippen LogP contribution in [0.15, 0.2) is 0 Å². The highest BCUT2D eigenvalue weighted by atomic mass is 19.4. The third-order valence-electron chi connectivity index (χ3n) is 3.72. The summed E-state index contributed by atoms with van der Waals surface area (Å²) in [5, 5.41) is 0. The van der Waals surface area contributed by atoms with Crippen LogP contribution < -0.4 is 11.3 Å². The van der Waals surface area contributed by atoms with Crippen LogP contribution in [0.25, 0.3) is 0 Å². The van der Waals surface area contributed by atoms with Gasteiger partial charge in [-0.15, -0.1) is 11.8 Å². The molecule has 3 atom stereocenters. The van der Waals surface area contributed by atoms with Crippen molar-refractivity contribution < 1.29 is 13.2 Å². The van der Waals surface area contributed by atoms with Gasteiger partial charge >= 0.3 is 6.18 Å². The molecule has 0 spiro atoms. The Morgan fingerprint density at radius 3 is 2.67 bits per heavy atom. The molecule has 5 heteroatoms. The molecule has 3 N–H and O–H groups in total. The van der Waals surface area contributed by atoms with Crippen LogP contribution in [0.1, 0.15) is 45.4 Å². The third kappa shape index (κ3) is 4.51. The monoisotopic (exact) mass is 262 g/mol. The van der Waals surface area contributed by atoms with Crippen LogP contribution in [0.3, 0.4) is 0 Å². The molecule has 3 unspecified atom stereocenters. The average Bonchev–Trinajstić information content (AvgIpc) is 2.34. The molecule has 104 valence electrons. The molecule has 1 rings (SSSR count). The van der Waals surface area contributed by atoms with Crippen molar-refractivity contribution in [2.24, 2.45) is 17.7 Å². The van der Waals surface area contributed by atoms with Gasteiger partial charge in [-0.05, 0) is 38.5 Å². The van der Waals surface area contributed by atoms with Gasteiger partial charge in [0, 0.05) is 12.5 Å². The Morgan fingerprint density at radius 1 is 1.39 bits per heavy atom. The van der Waals surface area contributed by atoms with Crippen LogP contribution in [-0.2, 0) is 0 Å². The normalized spacial score (nSPS) is 26.3. The molecule has 0 aromatic carbocycles. The molecule has 0 bridgehead atoms. The van der Waals surface area contributed by atoms with E-state index in [1.165, 1.54) is 0 Å². The molecule has 0 aromatic rings. The van der Waals surface area contributed by atoms with E-state index >= 15 is 0 Å². The van der Waals surface area contributed by atoms with E-state index in [2.05, 4.69) is 17.3 Å². The fraction of sp³-hybridized carbons (Fsp3) is 0.846. The molecule has 18 heavy (non-hydrogen) atoms. The van der Waals surface area contributed by atoms with Crippen molar-refractivity contribution in [3.8, 4) is 11.8 Å². The Morgan fingerprint density at radius 2 is 2.11 bits per heavy atom. The maximum absolute atomic E-state index is 12.7. The second-order valence-corrected chi connectivity index (χ2v) is 4.90. The molecule has 0 amide bonds. The Hall–Kier alpha value is -0.730. The quantitative estimate of drug-likeness (QED) is 0.464. The van der Waals surface area contributed by atoms with Crippen LogP contribution in [0.2, 0.25) is 0 Å². The Labute approximate surface area is 106 Å². The van der Waals surface area contributed by atoms with Crippen LogP contribution in [-0.4, -0.2) is 12.2 Å². The second kappa shape index (κ2) is 7.01. The highest BCUT2D eigenvalue weighted by molar-refractivity contribution is 4.96. The zero-order valence-electron chi connectivity index (χ0n) is 10.7. The molecule has 1 aliphatic rings. The predicted molar refractivity (Wildman–Crippen MR) is 65.3 cm³/mol. The SMILES string of the molecule is CC#CCCC(NN)C1CCCC(C(F)(F)F)C1. The lowest BCUT2D eigenvalue weighted by molar-refractivity contribution is -0.186. The van der Waals surface area contributed by atoms with Gasteiger partial charge in [-0.25, -0.2) is 0 Å². The zero-order chi connectivity index (χ0) is 13.6. The summed E-state index contributed by atoms with van der Waals surface area (Å²) in [6.07, 6.45) is -0.774. The summed E-state index contributed by atoms with van der Waals surface area (Å²) in [5.74, 6) is 10.0. The largest absolute Gasteiger partial charge is 0.391 e. The molecule has 2 nitrogen and oxygen atoms in total. The topological polar surface area (TPSA) is 38.0 Å². The molecule has 1 saturated carbocycles. The van der Waals surface area contributed by atoms with Crippen molar-refractivity contribution in [1.82, 2.24) is 5.43 Å². The van der Waals surface area contributed by atoms with Crippen LogP contribution >= 0.6 is 0 Å². The molecule has 0 radical (unpaired) electrons. The Balaban J connectivity index is 2.54. The van der Waals surface area contributed by atoms with E-state index in [1.807, 2.05) is 0 Å². The number of nitrogens with two attached hydrogens (primary N) is 1. The predicted octanol–water partition coefficient (Wildman–Crippen LogP) is 2.99. The van der Waals surface area contributed by atoms with E-state index in [4.69, 9.17) is 5.84 Å². The average molecular weight is 262 g/mol. The first-order chi connectivity index (χ1) is 8.49. The highest BCUT2D eigenvalue weighted by Gasteiger charge is 2.43. The van der Waals surface area contributed by atoms with E-state index in [0.29, 0.717) is 19.3 Å². The zero-order valence-corrected chi connectivity index (χ0v) is 10.7. The molecule has 1 aliphatic carbocycles. The molecule has 1 fully saturated rings. The van der Waals surface area contributed by atoms with Crippen molar-refractivity contribution in [3.63, 3.8) is 0 Å². The molecule has 0 aliphatic heterocycles. The first-order valence-corrected chi connectivity index (χ1v) is 6.41. The molecule has 0 aromatic heterocycles. The van der Waals surface area contributed by atoms with Crippen LogP contribution in [0.4, 0.5) is 13.2 Å². The summed E-state index contributed by atoms with van der Waals surface area (Å²) < 4.78 is 38.1. The first-order valence-electron chi connectivity index (χ1n) is 6.41. The molecular weight excluding hydrogens is 241 g/mol. The number of alkyl halides is 3. The van der Waals surface area contributed by atoms with Crippen molar-refractivity contribution >= 4 is 0 Å². The Kier molecular flexibility index (Phi) is 5.97. The van der Waals surface area contributed by atoms with Gasteiger partial charge in [0.25, 0.3) is 0 Å². The maximum atomic E-state index is 12.7. The summed E-state index contributed by atoms with van der Waals surface area (Å²) in [7, 11) is 0. The number of halogens is 3. The number of hydrogen-bond acceptors (Lipinski definition) is 2. The van der Waals surface area contributed by atoms with Gasteiger partial charge in [-0.3, -0.25) is 11.3 Å². The summed E-state index contributed by atoms with van der Waals surface area (Å²) >= 11 is 0. The van der Waals surface area contributed by atoms with E-state index in [-0.39, 0.29) is 24.8 Å². The van der Waals surface area contributed by atoms with Gasteiger partial charge in [0.1, 0.15) is 0 Å². The summed E-state index contributed by atoms with van der Waals surface area (Å²) in [6.45, 7) is 1.76. The lowest BCUT2D eigenvalue weighted by Crippen LogP contribution is -2.44. The number of hydrazine groups is 1. The lowest BCUT2D eigenvalue weighted by Gasteiger charge is -2.34. The number of rotatable bonds is 4. The number of nitrogens with one attached hydrogen (secondary N) is 1. The van der Waals surface area contributed by atoms with Gasteiger partial charge in [-0.2, -0.15) is 13.2 Å². The van der Waals surface area contributed by atoms with Crippen molar-refractivity contribution in [1.29, 1.82) is 0 Å². The van der Waals surface area contributed by atoms with Crippen LogP contribution in [0, 0.1) is 23.7 Å². The van der Waals surface area contributed by atoms with E-state index in [0.717, 1.165) is 6.42 Å². The van der Waals surface area contributed by atoms with Crippen LogP contribution in [0.5, 0.6) is 0 Å². The minimum Gasteiger partial charge on any atom is -0.271 e. The van der Waals surface area contributed by atoms with Gasteiger partial charge < -0.3 is 0 Å². The van der Waals surface area contributed by atoms with E-state index in [1.54, 1.807) is 6.92 Å². The standard InChI is InChI=1S/C13H21F3N2/c1-2-3-4-8-12(18-17)10-6-5-7-11(9-10)13(14,15)16/h10-12,18H,4-9,17H2,1H3.